The average molecular weight is 574 g/mol. The van der Waals surface area contributed by atoms with Crippen LogP contribution in [0.25, 0.3) is 0 Å². The van der Waals surface area contributed by atoms with Gasteiger partial charge in [-0.3, -0.25) is 19.1 Å². The van der Waals surface area contributed by atoms with Crippen LogP contribution in [0.15, 0.2) is 36.4 Å². The smallest absolute Gasteiger partial charge is 0.416 e. The highest BCUT2D eigenvalue weighted by Gasteiger charge is 2.48. The third kappa shape index (κ3) is 4.76. The van der Waals surface area contributed by atoms with E-state index in [4.69, 9.17) is 9.47 Å². The molecule has 6 rings (SSSR count). The zero-order valence-corrected chi connectivity index (χ0v) is 22.1. The molecule has 2 aromatic carbocycles. The second kappa shape index (κ2) is 10.2. The molecule has 3 aromatic rings. The molecule has 1 aliphatic carbocycles. The number of nitrogens with one attached hydrogen (secondary N) is 1. The van der Waals surface area contributed by atoms with Crippen LogP contribution < -0.4 is 10.2 Å². The fourth-order valence-corrected chi connectivity index (χ4v) is 5.67. The first kappa shape index (κ1) is 27.3. The summed E-state index contributed by atoms with van der Waals surface area (Å²) in [7, 11) is 1.50. The minimum Gasteiger partial charge on any atom is -0.439 e. The van der Waals surface area contributed by atoms with E-state index in [-0.39, 0.29) is 49.9 Å². The normalized spacial score (nSPS) is 20.0. The fraction of sp³-hybridized carbons (Fsp3) is 0.429. The van der Waals surface area contributed by atoms with Crippen molar-refractivity contribution in [3.8, 4) is 0 Å². The lowest BCUT2D eigenvalue weighted by Crippen LogP contribution is -2.49. The molecule has 1 aromatic heterocycles. The van der Waals surface area contributed by atoms with Crippen LogP contribution in [0.5, 0.6) is 0 Å². The van der Waals surface area contributed by atoms with E-state index in [1.165, 1.54) is 17.7 Å². The van der Waals surface area contributed by atoms with Crippen molar-refractivity contribution in [3.63, 3.8) is 0 Å². The standard InChI is InChI=1S/C28H27F4N5O4/c1-36-22(34-35-26(36)29)11-27(13-40-14-27)17-4-2-7-19(10-17)37-24(39)20-8-16(12-33-18-5-3-6-18)9-21(28(30,31)32)23(20)25(37)41-15-38/h2,4,7-10,15,18,25,33H,3,5-6,11-14H2,1H3/t25-/m1/s1. The van der Waals surface area contributed by atoms with Gasteiger partial charge in [-0.1, -0.05) is 23.7 Å². The molecule has 1 saturated heterocycles. The first-order valence-electron chi connectivity index (χ1n) is 13.2. The molecule has 1 amide bonds. The Morgan fingerprint density at radius 3 is 2.56 bits per heavy atom. The molecule has 3 heterocycles. The summed E-state index contributed by atoms with van der Waals surface area (Å²) in [5.41, 5.74) is -0.946. The Balaban J connectivity index is 1.38. The number of ether oxygens (including phenoxy) is 2. The Kier molecular flexibility index (Phi) is 6.81. The first-order chi connectivity index (χ1) is 19.6. The van der Waals surface area contributed by atoms with Crippen LogP contribution in [0.1, 0.15) is 63.9 Å². The van der Waals surface area contributed by atoms with Crippen LogP contribution in [0.2, 0.25) is 0 Å². The molecule has 1 N–H and O–H groups in total. The molecular weight excluding hydrogens is 546 g/mol. The van der Waals surface area contributed by atoms with E-state index in [1.807, 2.05) is 0 Å². The van der Waals surface area contributed by atoms with Crippen molar-refractivity contribution < 1.29 is 36.6 Å². The number of benzene rings is 2. The first-order valence-corrected chi connectivity index (χ1v) is 13.2. The molecule has 3 aliphatic rings. The summed E-state index contributed by atoms with van der Waals surface area (Å²) < 4.78 is 68.7. The molecule has 0 spiro atoms. The SMILES string of the molecule is Cn1c(F)nnc1CC1(c2cccc(N3C(=O)c4cc(CNC5CCC5)cc(C(F)(F)F)c4[C@H]3OC=O)c2)COC1. The van der Waals surface area contributed by atoms with E-state index in [0.29, 0.717) is 17.0 Å². The predicted molar refractivity (Wildman–Crippen MR) is 136 cm³/mol. The zero-order valence-electron chi connectivity index (χ0n) is 22.1. The second-order valence-electron chi connectivity index (χ2n) is 10.8. The molecule has 13 heteroatoms. The molecule has 216 valence electrons. The van der Waals surface area contributed by atoms with Crippen molar-refractivity contribution >= 4 is 18.1 Å². The van der Waals surface area contributed by atoms with Crippen LogP contribution >= 0.6 is 0 Å². The Bertz CT molecular complexity index is 1500. The summed E-state index contributed by atoms with van der Waals surface area (Å²) in [4.78, 5) is 26.3. The number of anilines is 1. The predicted octanol–water partition coefficient (Wildman–Crippen LogP) is 3.96. The third-order valence-electron chi connectivity index (χ3n) is 8.26. The van der Waals surface area contributed by atoms with Gasteiger partial charge in [0, 0.05) is 48.3 Å². The van der Waals surface area contributed by atoms with Crippen molar-refractivity contribution in [2.75, 3.05) is 18.1 Å². The van der Waals surface area contributed by atoms with Crippen LogP contribution in [-0.2, 0) is 45.9 Å². The molecule has 0 bridgehead atoms. The Labute approximate surface area is 232 Å². The summed E-state index contributed by atoms with van der Waals surface area (Å²) in [6.45, 7) is 0.778. The van der Waals surface area contributed by atoms with Gasteiger partial charge in [0.05, 0.1) is 18.8 Å². The molecule has 9 nitrogen and oxygen atoms in total. The number of fused-ring (bicyclic) bond motifs is 1. The van der Waals surface area contributed by atoms with Gasteiger partial charge in [-0.25, -0.2) is 0 Å². The van der Waals surface area contributed by atoms with Gasteiger partial charge in [-0.05, 0) is 48.2 Å². The summed E-state index contributed by atoms with van der Waals surface area (Å²) in [6.07, 6.45) is -3.89. The fourth-order valence-electron chi connectivity index (χ4n) is 5.67. The van der Waals surface area contributed by atoms with Gasteiger partial charge in [0.15, 0.2) is 0 Å². The Morgan fingerprint density at radius 2 is 1.98 bits per heavy atom. The molecule has 0 unspecified atom stereocenters. The number of aromatic nitrogens is 3. The Morgan fingerprint density at radius 1 is 1.20 bits per heavy atom. The minimum atomic E-state index is -4.79. The van der Waals surface area contributed by atoms with Gasteiger partial charge in [0.2, 0.25) is 6.23 Å². The largest absolute Gasteiger partial charge is 0.439 e. The van der Waals surface area contributed by atoms with Gasteiger partial charge in [-0.2, -0.15) is 17.6 Å². The number of halogens is 4. The van der Waals surface area contributed by atoms with Crippen molar-refractivity contribution in [1.29, 1.82) is 0 Å². The van der Waals surface area contributed by atoms with E-state index in [1.54, 1.807) is 24.3 Å². The maximum Gasteiger partial charge on any atom is 0.416 e. The van der Waals surface area contributed by atoms with E-state index in [9.17, 15) is 27.2 Å². The average Bonchev–Trinajstić information content (AvgIpc) is 3.35. The van der Waals surface area contributed by atoms with Gasteiger partial charge in [0.25, 0.3) is 12.4 Å². The van der Waals surface area contributed by atoms with Gasteiger partial charge < -0.3 is 14.8 Å². The zero-order chi connectivity index (χ0) is 28.9. The number of rotatable bonds is 9. The van der Waals surface area contributed by atoms with E-state index < -0.39 is 40.9 Å². The summed E-state index contributed by atoms with van der Waals surface area (Å²) in [5, 5.41) is 10.6. The quantitative estimate of drug-likeness (QED) is 0.306. The monoisotopic (exact) mass is 573 g/mol. The number of nitrogens with zero attached hydrogens (tertiary/aromatic N) is 4. The van der Waals surface area contributed by atoms with Crippen molar-refractivity contribution in [3.05, 3.63) is 76.1 Å². The summed E-state index contributed by atoms with van der Waals surface area (Å²) in [5.74, 6) is -0.324. The van der Waals surface area contributed by atoms with Gasteiger partial charge in [-0.15, -0.1) is 5.10 Å². The molecule has 2 aliphatic heterocycles. The van der Waals surface area contributed by atoms with Gasteiger partial charge >= 0.3 is 12.3 Å². The number of carbonyl (C=O) groups is 2. The number of hydrogen-bond donors (Lipinski definition) is 1. The molecule has 1 saturated carbocycles. The third-order valence-corrected chi connectivity index (χ3v) is 8.26. The lowest BCUT2D eigenvalue weighted by Gasteiger charge is -2.42. The molecule has 41 heavy (non-hydrogen) atoms. The van der Waals surface area contributed by atoms with Crippen LogP contribution in [0, 0.1) is 6.08 Å². The number of hydrogen-bond acceptors (Lipinski definition) is 7. The highest BCUT2D eigenvalue weighted by Crippen LogP contribution is 2.46. The lowest BCUT2D eigenvalue weighted by atomic mass is 9.75. The van der Waals surface area contributed by atoms with E-state index >= 15 is 0 Å². The van der Waals surface area contributed by atoms with Crippen LogP contribution in [-0.4, -0.2) is 46.4 Å². The van der Waals surface area contributed by atoms with Crippen molar-refractivity contribution in [2.45, 2.75) is 56.1 Å². The highest BCUT2D eigenvalue weighted by atomic mass is 19.4. The summed E-state index contributed by atoms with van der Waals surface area (Å²) >= 11 is 0. The van der Waals surface area contributed by atoms with Crippen LogP contribution in [0.3, 0.4) is 0 Å². The number of alkyl halides is 3. The van der Waals surface area contributed by atoms with E-state index in [2.05, 4.69) is 15.5 Å². The number of amides is 1. The molecule has 1 atom stereocenters. The van der Waals surface area contributed by atoms with E-state index in [0.717, 1.165) is 30.2 Å². The topological polar surface area (TPSA) is 98.6 Å². The highest BCUT2D eigenvalue weighted by molar-refractivity contribution is 6.11. The van der Waals surface area contributed by atoms with Gasteiger partial charge in [0.1, 0.15) is 5.82 Å². The maximum atomic E-state index is 14.3. The Hall–Kier alpha value is -3.84. The maximum absolute atomic E-state index is 14.3. The van der Waals surface area contributed by atoms with Crippen molar-refractivity contribution in [1.82, 2.24) is 20.1 Å². The lowest BCUT2D eigenvalue weighted by molar-refractivity contribution is -0.142. The number of carbonyl (C=O) groups excluding carboxylic acids is 2. The second-order valence-corrected chi connectivity index (χ2v) is 10.8. The minimum absolute atomic E-state index is 0.0417. The summed E-state index contributed by atoms with van der Waals surface area (Å²) in [6, 6.07) is 9.37. The van der Waals surface area contributed by atoms with Crippen molar-refractivity contribution in [2.24, 2.45) is 7.05 Å². The molecular formula is C28H27F4N5O4. The molecule has 2 fully saturated rings. The molecule has 0 radical (unpaired) electrons. The van der Waals surface area contributed by atoms with Crippen LogP contribution in [0.4, 0.5) is 23.2 Å².